The second-order valence-corrected chi connectivity index (χ2v) is 6.44. The number of hydrogen-bond donors (Lipinski definition) is 0. The third-order valence-electron chi connectivity index (χ3n) is 3.17. The van der Waals surface area contributed by atoms with Gasteiger partial charge in [-0.05, 0) is 32.2 Å². The van der Waals surface area contributed by atoms with E-state index in [0.717, 1.165) is 21.6 Å². The van der Waals surface area contributed by atoms with Gasteiger partial charge in [-0.3, -0.25) is 14.7 Å². The number of thiazole rings is 1. The summed E-state index contributed by atoms with van der Waals surface area (Å²) >= 11 is 2.87. The highest BCUT2D eigenvalue weighted by Gasteiger charge is 2.28. The molecule has 0 unspecified atom stereocenters. The van der Waals surface area contributed by atoms with Crippen molar-refractivity contribution in [2.45, 2.75) is 13.8 Å². The van der Waals surface area contributed by atoms with Crippen molar-refractivity contribution in [3.8, 4) is 10.8 Å². The van der Waals surface area contributed by atoms with E-state index in [9.17, 15) is 4.79 Å². The van der Waals surface area contributed by atoms with Crippen LogP contribution >= 0.6 is 23.1 Å². The molecular formula is C14H15N3O2S2. The molecule has 3 heterocycles. The molecule has 0 N–H and O–H groups in total. The first-order valence-corrected chi connectivity index (χ1v) is 8.59. The molecule has 0 radical (unpaired) electrons. The van der Waals surface area contributed by atoms with Gasteiger partial charge in [0, 0.05) is 6.54 Å². The fraction of sp³-hybridized carbons (Fsp3) is 0.357. The molecule has 0 fully saturated rings. The van der Waals surface area contributed by atoms with E-state index < -0.39 is 0 Å². The van der Waals surface area contributed by atoms with Crippen LogP contribution in [0.3, 0.4) is 0 Å². The van der Waals surface area contributed by atoms with Gasteiger partial charge in [0.2, 0.25) is 0 Å². The molecule has 0 saturated carbocycles. The zero-order valence-corrected chi connectivity index (χ0v) is 13.7. The normalized spacial score (nSPS) is 14.6. The van der Waals surface area contributed by atoms with Crippen molar-refractivity contribution in [3.05, 3.63) is 28.5 Å². The minimum absolute atomic E-state index is 0.0230. The molecule has 0 aliphatic carbocycles. The standard InChI is InChI=1S/C14H15N3O2S2/c1-8-4-5-10(19-8)12-16-9(2)11(21-12)13(18)17-7-6-15-14(17)20-3/h4-5H,6-7H2,1-3H3. The number of carbonyl (C=O) groups excluding carboxylic acids is 1. The van der Waals surface area contributed by atoms with Gasteiger partial charge in [-0.15, -0.1) is 11.3 Å². The summed E-state index contributed by atoms with van der Waals surface area (Å²) in [7, 11) is 0. The summed E-state index contributed by atoms with van der Waals surface area (Å²) in [4.78, 5) is 23.8. The lowest BCUT2D eigenvalue weighted by molar-refractivity contribution is 0.0864. The summed E-state index contributed by atoms with van der Waals surface area (Å²) in [6.07, 6.45) is 1.93. The van der Waals surface area contributed by atoms with Crippen molar-refractivity contribution in [1.29, 1.82) is 0 Å². The molecule has 5 nitrogen and oxygen atoms in total. The van der Waals surface area contributed by atoms with Crippen LogP contribution in [-0.4, -0.2) is 40.3 Å². The van der Waals surface area contributed by atoms with Gasteiger partial charge in [0.05, 0.1) is 12.2 Å². The molecule has 7 heteroatoms. The molecule has 2 aromatic rings. The lowest BCUT2D eigenvalue weighted by Gasteiger charge is -2.15. The van der Waals surface area contributed by atoms with E-state index >= 15 is 0 Å². The van der Waals surface area contributed by atoms with Gasteiger partial charge >= 0.3 is 0 Å². The number of carbonyl (C=O) groups is 1. The fourth-order valence-electron chi connectivity index (χ4n) is 2.16. The maximum Gasteiger partial charge on any atom is 0.271 e. The molecule has 0 saturated heterocycles. The summed E-state index contributed by atoms with van der Waals surface area (Å²) in [6, 6.07) is 3.78. The molecule has 1 aliphatic rings. The van der Waals surface area contributed by atoms with E-state index in [1.807, 2.05) is 32.2 Å². The van der Waals surface area contributed by atoms with Crippen LogP contribution in [0.5, 0.6) is 0 Å². The Morgan fingerprint density at radius 1 is 1.43 bits per heavy atom. The Balaban J connectivity index is 1.91. The van der Waals surface area contributed by atoms with Crippen molar-refractivity contribution in [1.82, 2.24) is 9.88 Å². The Morgan fingerprint density at radius 3 is 2.90 bits per heavy atom. The molecule has 3 rings (SSSR count). The van der Waals surface area contributed by atoms with Crippen LogP contribution in [0.2, 0.25) is 0 Å². The number of rotatable bonds is 2. The van der Waals surface area contributed by atoms with E-state index in [4.69, 9.17) is 4.42 Å². The van der Waals surface area contributed by atoms with Crippen molar-refractivity contribution >= 4 is 34.2 Å². The smallest absolute Gasteiger partial charge is 0.271 e. The second-order valence-electron chi connectivity index (χ2n) is 4.67. The molecule has 0 atom stereocenters. The number of amidine groups is 1. The maximum atomic E-state index is 12.7. The van der Waals surface area contributed by atoms with Gasteiger partial charge < -0.3 is 4.42 Å². The topological polar surface area (TPSA) is 58.7 Å². The Hall–Kier alpha value is -1.60. The number of thioether (sulfide) groups is 1. The quantitative estimate of drug-likeness (QED) is 0.852. The predicted molar refractivity (Wildman–Crippen MR) is 86.1 cm³/mol. The lowest BCUT2D eigenvalue weighted by atomic mass is 10.3. The van der Waals surface area contributed by atoms with E-state index in [1.54, 1.807) is 4.90 Å². The molecule has 0 aromatic carbocycles. The van der Waals surface area contributed by atoms with Crippen LogP contribution in [0, 0.1) is 13.8 Å². The van der Waals surface area contributed by atoms with E-state index in [0.29, 0.717) is 23.7 Å². The zero-order chi connectivity index (χ0) is 15.0. The van der Waals surface area contributed by atoms with Gasteiger partial charge in [-0.25, -0.2) is 4.98 Å². The SMILES string of the molecule is CSC1=NCCN1C(=O)c1sc(-c2ccc(C)o2)nc1C. The molecule has 1 amide bonds. The van der Waals surface area contributed by atoms with Crippen molar-refractivity contribution in [3.63, 3.8) is 0 Å². The molecule has 0 bridgehead atoms. The average Bonchev–Trinajstić information content (AvgIpc) is 3.16. The summed E-state index contributed by atoms with van der Waals surface area (Å²) in [5, 5.41) is 1.52. The number of furan rings is 1. The van der Waals surface area contributed by atoms with Crippen molar-refractivity contribution < 1.29 is 9.21 Å². The lowest BCUT2D eigenvalue weighted by Crippen LogP contribution is -2.32. The first kappa shape index (κ1) is 14.3. The first-order valence-electron chi connectivity index (χ1n) is 6.54. The van der Waals surface area contributed by atoms with Crippen LogP contribution in [0.4, 0.5) is 0 Å². The third kappa shape index (κ3) is 2.63. The number of aromatic nitrogens is 1. The number of aliphatic imine (C=N–C) groups is 1. The second kappa shape index (κ2) is 5.65. The van der Waals surface area contributed by atoms with Gasteiger partial charge in [0.1, 0.15) is 10.6 Å². The molecule has 2 aromatic heterocycles. The summed E-state index contributed by atoms with van der Waals surface area (Å²) < 4.78 is 5.58. The van der Waals surface area contributed by atoms with Crippen LogP contribution in [0.15, 0.2) is 21.5 Å². The van der Waals surface area contributed by atoms with Crippen LogP contribution in [0.25, 0.3) is 10.8 Å². The van der Waals surface area contributed by atoms with Crippen LogP contribution < -0.4 is 0 Å². The Bertz CT molecular complexity index is 718. The Labute approximate surface area is 131 Å². The van der Waals surface area contributed by atoms with Gasteiger partial charge in [-0.1, -0.05) is 11.8 Å². The minimum atomic E-state index is -0.0230. The molecule has 110 valence electrons. The number of nitrogens with zero attached hydrogens (tertiary/aromatic N) is 3. The van der Waals surface area contributed by atoms with Crippen LogP contribution in [-0.2, 0) is 0 Å². The molecule has 21 heavy (non-hydrogen) atoms. The van der Waals surface area contributed by atoms with Gasteiger partial charge in [0.15, 0.2) is 15.9 Å². The number of hydrogen-bond acceptors (Lipinski definition) is 6. The fourth-order valence-corrected chi connectivity index (χ4v) is 3.75. The highest BCUT2D eigenvalue weighted by Crippen LogP contribution is 2.30. The Kier molecular flexibility index (Phi) is 3.86. The summed E-state index contributed by atoms with van der Waals surface area (Å²) in [6.45, 7) is 5.06. The highest BCUT2D eigenvalue weighted by atomic mass is 32.2. The first-order chi connectivity index (χ1) is 10.1. The van der Waals surface area contributed by atoms with Gasteiger partial charge in [-0.2, -0.15) is 0 Å². The molecule has 0 spiro atoms. The van der Waals surface area contributed by atoms with Crippen molar-refractivity contribution in [2.24, 2.45) is 4.99 Å². The van der Waals surface area contributed by atoms with E-state index in [-0.39, 0.29) is 5.91 Å². The summed E-state index contributed by atoms with van der Waals surface area (Å²) in [5.74, 6) is 1.52. The number of aryl methyl sites for hydroxylation is 2. The highest BCUT2D eigenvalue weighted by molar-refractivity contribution is 8.13. The van der Waals surface area contributed by atoms with E-state index in [1.165, 1.54) is 23.1 Å². The molecular weight excluding hydrogens is 306 g/mol. The van der Waals surface area contributed by atoms with E-state index in [2.05, 4.69) is 9.98 Å². The monoisotopic (exact) mass is 321 g/mol. The van der Waals surface area contributed by atoms with Crippen LogP contribution in [0.1, 0.15) is 21.1 Å². The molecule has 1 aliphatic heterocycles. The minimum Gasteiger partial charge on any atom is -0.459 e. The maximum absolute atomic E-state index is 12.7. The Morgan fingerprint density at radius 2 is 2.24 bits per heavy atom. The zero-order valence-electron chi connectivity index (χ0n) is 12.0. The third-order valence-corrected chi connectivity index (χ3v) is 5.05. The largest absolute Gasteiger partial charge is 0.459 e. The van der Waals surface area contributed by atoms with Gasteiger partial charge in [0.25, 0.3) is 5.91 Å². The van der Waals surface area contributed by atoms with Crippen molar-refractivity contribution in [2.75, 3.05) is 19.3 Å². The predicted octanol–water partition coefficient (Wildman–Crippen LogP) is 3.19. The summed E-state index contributed by atoms with van der Waals surface area (Å²) in [5.41, 5.74) is 0.737. The number of amides is 1. The average molecular weight is 321 g/mol.